The number of hydrogen-bond acceptors (Lipinski definition) is 3. The summed E-state index contributed by atoms with van der Waals surface area (Å²) in [6.45, 7) is 5.23. The maximum absolute atomic E-state index is 9.88. The minimum Gasteiger partial charge on any atom is -0.507 e. The Kier molecular flexibility index (Phi) is 3.95. The van der Waals surface area contributed by atoms with E-state index in [0.717, 1.165) is 22.5 Å². The summed E-state index contributed by atoms with van der Waals surface area (Å²) in [6, 6.07) is 11.8. The van der Waals surface area contributed by atoms with Crippen LogP contribution in [0.25, 0.3) is 0 Å². The zero-order chi connectivity index (χ0) is 13.0. The van der Waals surface area contributed by atoms with E-state index in [1.165, 1.54) is 0 Å². The normalized spacial score (nSPS) is 10.6. The molecule has 0 aliphatic rings. The van der Waals surface area contributed by atoms with E-state index in [1.54, 1.807) is 0 Å². The largest absolute Gasteiger partial charge is 0.507 e. The van der Waals surface area contributed by atoms with Gasteiger partial charge in [0, 0.05) is 24.3 Å². The van der Waals surface area contributed by atoms with E-state index in [-0.39, 0.29) is 0 Å². The predicted octanol–water partition coefficient (Wildman–Crippen LogP) is 2.69. The molecule has 1 heterocycles. The summed E-state index contributed by atoms with van der Waals surface area (Å²) in [7, 11) is 0. The molecule has 0 aliphatic carbocycles. The Balaban J connectivity index is 1.94. The van der Waals surface area contributed by atoms with Crippen molar-refractivity contribution in [2.45, 2.75) is 26.9 Å². The summed E-state index contributed by atoms with van der Waals surface area (Å²) in [5.74, 6) is 0.377. The molecule has 0 atom stereocenters. The second-order valence-corrected chi connectivity index (χ2v) is 4.46. The molecular formula is C15H18N2O. The van der Waals surface area contributed by atoms with Crippen molar-refractivity contribution in [3.05, 3.63) is 58.9 Å². The second-order valence-electron chi connectivity index (χ2n) is 4.46. The Morgan fingerprint density at radius 3 is 2.61 bits per heavy atom. The molecule has 0 spiro atoms. The van der Waals surface area contributed by atoms with Gasteiger partial charge in [-0.15, -0.1) is 0 Å². The third-order valence-corrected chi connectivity index (χ3v) is 2.89. The van der Waals surface area contributed by atoms with Gasteiger partial charge in [0.15, 0.2) is 0 Å². The topological polar surface area (TPSA) is 45.1 Å². The summed E-state index contributed by atoms with van der Waals surface area (Å²) in [5.41, 5.74) is 3.86. The lowest BCUT2D eigenvalue weighted by Gasteiger charge is -2.08. The van der Waals surface area contributed by atoms with Crippen molar-refractivity contribution >= 4 is 0 Å². The van der Waals surface area contributed by atoms with Gasteiger partial charge in [0.05, 0.1) is 5.69 Å². The van der Waals surface area contributed by atoms with Crippen LogP contribution in [0.2, 0.25) is 0 Å². The fourth-order valence-corrected chi connectivity index (χ4v) is 1.89. The van der Waals surface area contributed by atoms with E-state index in [2.05, 4.69) is 10.3 Å². The van der Waals surface area contributed by atoms with E-state index in [4.69, 9.17) is 0 Å². The molecule has 1 aromatic carbocycles. The number of aryl methyl sites for hydroxylation is 2. The Morgan fingerprint density at radius 1 is 1.06 bits per heavy atom. The van der Waals surface area contributed by atoms with Crippen molar-refractivity contribution in [1.29, 1.82) is 0 Å². The number of phenols is 1. The molecule has 94 valence electrons. The number of phenolic OH excluding ortho intramolecular Hbond substituents is 1. The molecule has 0 saturated carbocycles. The molecule has 2 N–H and O–H groups in total. The van der Waals surface area contributed by atoms with E-state index < -0.39 is 0 Å². The van der Waals surface area contributed by atoms with Crippen LogP contribution in [0.15, 0.2) is 36.4 Å². The van der Waals surface area contributed by atoms with Crippen LogP contribution < -0.4 is 5.32 Å². The van der Waals surface area contributed by atoms with Gasteiger partial charge in [-0.05, 0) is 31.5 Å². The lowest BCUT2D eigenvalue weighted by molar-refractivity contribution is 0.460. The fraction of sp³-hybridized carbons (Fsp3) is 0.267. The van der Waals surface area contributed by atoms with Crippen LogP contribution in [0.4, 0.5) is 0 Å². The minimum absolute atomic E-state index is 0.377. The number of para-hydroxylation sites is 1. The number of aromatic hydroxyl groups is 1. The zero-order valence-electron chi connectivity index (χ0n) is 10.8. The van der Waals surface area contributed by atoms with Gasteiger partial charge in [-0.2, -0.15) is 0 Å². The van der Waals surface area contributed by atoms with Crippen LogP contribution in [-0.2, 0) is 13.1 Å². The number of benzene rings is 1. The molecule has 2 rings (SSSR count). The molecule has 0 radical (unpaired) electrons. The third-order valence-electron chi connectivity index (χ3n) is 2.89. The van der Waals surface area contributed by atoms with E-state index in [9.17, 15) is 5.11 Å². The minimum atomic E-state index is 0.377. The summed E-state index contributed by atoms with van der Waals surface area (Å²) >= 11 is 0. The molecule has 1 aromatic heterocycles. The van der Waals surface area contributed by atoms with Crippen LogP contribution in [0.1, 0.15) is 22.5 Å². The maximum Gasteiger partial charge on any atom is 0.122 e. The summed E-state index contributed by atoms with van der Waals surface area (Å²) in [4.78, 5) is 4.42. The number of rotatable bonds is 4. The number of nitrogens with zero attached hydrogens (tertiary/aromatic N) is 1. The highest BCUT2D eigenvalue weighted by atomic mass is 16.3. The first kappa shape index (κ1) is 12.6. The van der Waals surface area contributed by atoms with Crippen LogP contribution >= 0.6 is 0 Å². The maximum atomic E-state index is 9.88. The van der Waals surface area contributed by atoms with Gasteiger partial charge in [-0.25, -0.2) is 0 Å². The molecule has 0 unspecified atom stereocenters. The quantitative estimate of drug-likeness (QED) is 0.866. The molecule has 0 saturated heterocycles. The van der Waals surface area contributed by atoms with Gasteiger partial charge in [-0.1, -0.05) is 24.3 Å². The SMILES string of the molecule is Cc1cccc(CNCc2cccc(C)c2O)n1. The van der Waals surface area contributed by atoms with Crippen LogP contribution in [0, 0.1) is 13.8 Å². The van der Waals surface area contributed by atoms with Crippen molar-refractivity contribution in [1.82, 2.24) is 10.3 Å². The monoisotopic (exact) mass is 242 g/mol. The van der Waals surface area contributed by atoms with Gasteiger partial charge in [-0.3, -0.25) is 4.98 Å². The average Bonchev–Trinajstić information content (AvgIpc) is 2.35. The highest BCUT2D eigenvalue weighted by Crippen LogP contribution is 2.20. The smallest absolute Gasteiger partial charge is 0.122 e. The second kappa shape index (κ2) is 5.65. The van der Waals surface area contributed by atoms with Crippen molar-refractivity contribution in [2.75, 3.05) is 0 Å². The van der Waals surface area contributed by atoms with E-state index in [0.29, 0.717) is 18.8 Å². The van der Waals surface area contributed by atoms with Gasteiger partial charge in [0.2, 0.25) is 0 Å². The molecule has 3 nitrogen and oxygen atoms in total. The highest BCUT2D eigenvalue weighted by molar-refractivity contribution is 5.39. The summed E-state index contributed by atoms with van der Waals surface area (Å²) in [6.07, 6.45) is 0. The molecule has 2 aromatic rings. The van der Waals surface area contributed by atoms with Gasteiger partial charge in [0.1, 0.15) is 5.75 Å². The third kappa shape index (κ3) is 3.08. The Labute approximate surface area is 108 Å². The Bertz CT molecular complexity index is 538. The van der Waals surface area contributed by atoms with Crippen molar-refractivity contribution in [2.24, 2.45) is 0 Å². The van der Waals surface area contributed by atoms with Crippen LogP contribution in [-0.4, -0.2) is 10.1 Å². The van der Waals surface area contributed by atoms with Crippen molar-refractivity contribution < 1.29 is 5.11 Å². The fourth-order valence-electron chi connectivity index (χ4n) is 1.89. The molecule has 3 heteroatoms. The molecule has 18 heavy (non-hydrogen) atoms. The lowest BCUT2D eigenvalue weighted by Crippen LogP contribution is -2.14. The first-order valence-corrected chi connectivity index (χ1v) is 6.07. The lowest BCUT2D eigenvalue weighted by atomic mass is 10.1. The summed E-state index contributed by atoms with van der Waals surface area (Å²) in [5, 5.41) is 13.2. The summed E-state index contributed by atoms with van der Waals surface area (Å²) < 4.78 is 0. The average molecular weight is 242 g/mol. The molecule has 0 aliphatic heterocycles. The number of nitrogens with one attached hydrogen (secondary N) is 1. The van der Waals surface area contributed by atoms with Gasteiger partial charge >= 0.3 is 0 Å². The number of aromatic nitrogens is 1. The predicted molar refractivity (Wildman–Crippen MR) is 72.4 cm³/mol. The highest BCUT2D eigenvalue weighted by Gasteiger charge is 2.03. The molecule has 0 fully saturated rings. The van der Waals surface area contributed by atoms with E-state index >= 15 is 0 Å². The Hall–Kier alpha value is -1.87. The molecule has 0 amide bonds. The molecule has 0 bridgehead atoms. The van der Waals surface area contributed by atoms with Gasteiger partial charge < -0.3 is 10.4 Å². The number of pyridine rings is 1. The first-order chi connectivity index (χ1) is 8.66. The zero-order valence-corrected chi connectivity index (χ0v) is 10.8. The standard InChI is InChI=1S/C15H18N2O/c1-11-5-3-7-13(15(11)18)9-16-10-14-8-4-6-12(2)17-14/h3-8,16,18H,9-10H2,1-2H3. The van der Waals surface area contributed by atoms with E-state index in [1.807, 2.05) is 50.2 Å². The van der Waals surface area contributed by atoms with Crippen LogP contribution in [0.3, 0.4) is 0 Å². The Morgan fingerprint density at radius 2 is 1.83 bits per heavy atom. The van der Waals surface area contributed by atoms with Crippen molar-refractivity contribution in [3.8, 4) is 5.75 Å². The van der Waals surface area contributed by atoms with Crippen LogP contribution in [0.5, 0.6) is 5.75 Å². The first-order valence-electron chi connectivity index (χ1n) is 6.07. The number of hydrogen-bond donors (Lipinski definition) is 2. The molecular weight excluding hydrogens is 224 g/mol. The van der Waals surface area contributed by atoms with Gasteiger partial charge in [0.25, 0.3) is 0 Å². The van der Waals surface area contributed by atoms with Crippen molar-refractivity contribution in [3.63, 3.8) is 0 Å².